The van der Waals surface area contributed by atoms with E-state index in [0.29, 0.717) is 30.3 Å². The second-order valence-corrected chi connectivity index (χ2v) is 6.07. The molecule has 0 saturated carbocycles. The highest BCUT2D eigenvalue weighted by Gasteiger charge is 2.17. The van der Waals surface area contributed by atoms with Crippen LogP contribution in [0.2, 0.25) is 5.02 Å². The highest BCUT2D eigenvalue weighted by atomic mass is 35.5. The van der Waals surface area contributed by atoms with E-state index in [0.717, 1.165) is 5.56 Å². The molecular weight excluding hydrogens is 300 g/mol. The number of halogens is 1. The van der Waals surface area contributed by atoms with E-state index in [4.69, 9.17) is 11.6 Å². The number of rotatable bonds is 7. The zero-order chi connectivity index (χ0) is 15.9. The lowest BCUT2D eigenvalue weighted by Crippen LogP contribution is -2.42. The molecule has 6 heteroatoms. The van der Waals surface area contributed by atoms with E-state index < -0.39 is 0 Å². The topological polar surface area (TPSA) is 59.8 Å². The van der Waals surface area contributed by atoms with Crippen LogP contribution in [0.3, 0.4) is 0 Å². The molecule has 0 aliphatic heterocycles. The van der Waals surface area contributed by atoms with Crippen molar-refractivity contribution in [3.05, 3.63) is 47.2 Å². The summed E-state index contributed by atoms with van der Waals surface area (Å²) in [5.74, 6) is 0.340. The zero-order valence-corrected chi connectivity index (χ0v) is 13.6. The minimum absolute atomic E-state index is 0.0132. The molecule has 0 saturated heterocycles. The van der Waals surface area contributed by atoms with Crippen LogP contribution in [-0.4, -0.2) is 26.9 Å². The standard InChI is InChI=1S/C16H21ClN4O/c1-12(2)15(11-21-18-8-9-19-21)20-16(22)7-6-13-4-3-5-14(17)10-13/h3-5,8-10,12,15H,6-7,11H2,1-2H3,(H,20,22). The Kier molecular flexibility index (Phi) is 5.95. The molecule has 1 aromatic heterocycles. The van der Waals surface area contributed by atoms with Crippen LogP contribution in [0.1, 0.15) is 25.8 Å². The van der Waals surface area contributed by atoms with Crippen molar-refractivity contribution in [1.29, 1.82) is 0 Å². The Bertz CT molecular complexity index is 598. The first kappa shape index (κ1) is 16.5. The lowest BCUT2D eigenvalue weighted by atomic mass is 10.0. The largest absolute Gasteiger partial charge is 0.351 e. The first-order valence-corrected chi connectivity index (χ1v) is 7.80. The Morgan fingerprint density at radius 2 is 2.05 bits per heavy atom. The fraction of sp³-hybridized carbons (Fsp3) is 0.438. The van der Waals surface area contributed by atoms with E-state index in [2.05, 4.69) is 29.4 Å². The third-order valence-electron chi connectivity index (χ3n) is 3.51. The van der Waals surface area contributed by atoms with Crippen molar-refractivity contribution in [1.82, 2.24) is 20.3 Å². The van der Waals surface area contributed by atoms with Crippen LogP contribution in [0.25, 0.3) is 0 Å². The Morgan fingerprint density at radius 1 is 1.32 bits per heavy atom. The molecule has 0 spiro atoms. The number of aryl methyl sites for hydroxylation is 1. The Balaban J connectivity index is 1.85. The highest BCUT2D eigenvalue weighted by Crippen LogP contribution is 2.12. The Morgan fingerprint density at radius 3 is 2.68 bits per heavy atom. The van der Waals surface area contributed by atoms with Crippen molar-refractivity contribution in [2.24, 2.45) is 5.92 Å². The van der Waals surface area contributed by atoms with Crippen molar-refractivity contribution >= 4 is 17.5 Å². The maximum absolute atomic E-state index is 12.2. The van der Waals surface area contributed by atoms with Gasteiger partial charge in [-0.1, -0.05) is 37.6 Å². The van der Waals surface area contributed by atoms with E-state index >= 15 is 0 Å². The van der Waals surface area contributed by atoms with Crippen LogP contribution in [0.5, 0.6) is 0 Å². The van der Waals surface area contributed by atoms with Crippen molar-refractivity contribution in [2.45, 2.75) is 39.3 Å². The molecule has 1 unspecified atom stereocenters. The second-order valence-electron chi connectivity index (χ2n) is 5.63. The van der Waals surface area contributed by atoms with Gasteiger partial charge in [0.15, 0.2) is 0 Å². The van der Waals surface area contributed by atoms with Gasteiger partial charge in [-0.3, -0.25) is 4.79 Å². The molecular formula is C16H21ClN4O. The monoisotopic (exact) mass is 320 g/mol. The highest BCUT2D eigenvalue weighted by molar-refractivity contribution is 6.30. The van der Waals surface area contributed by atoms with Crippen molar-refractivity contribution in [3.8, 4) is 0 Å². The number of amides is 1. The minimum Gasteiger partial charge on any atom is -0.351 e. The first-order chi connectivity index (χ1) is 10.5. The van der Waals surface area contributed by atoms with Gasteiger partial charge in [0.05, 0.1) is 25.0 Å². The SMILES string of the molecule is CC(C)C(Cn1nccn1)NC(=O)CCc1cccc(Cl)c1. The zero-order valence-electron chi connectivity index (χ0n) is 12.9. The molecule has 5 nitrogen and oxygen atoms in total. The number of aromatic nitrogens is 3. The van der Waals surface area contributed by atoms with Gasteiger partial charge < -0.3 is 5.32 Å². The number of benzene rings is 1. The molecule has 0 fully saturated rings. The number of carbonyl (C=O) groups is 1. The quantitative estimate of drug-likeness (QED) is 0.853. The van der Waals surface area contributed by atoms with Gasteiger partial charge in [-0.05, 0) is 30.0 Å². The van der Waals surface area contributed by atoms with Crippen LogP contribution in [0.4, 0.5) is 0 Å². The fourth-order valence-corrected chi connectivity index (χ4v) is 2.38. The third kappa shape index (κ3) is 5.15. The molecule has 1 atom stereocenters. The summed E-state index contributed by atoms with van der Waals surface area (Å²) in [6.45, 7) is 4.73. The van der Waals surface area contributed by atoms with Gasteiger partial charge in [0.25, 0.3) is 0 Å². The summed E-state index contributed by atoms with van der Waals surface area (Å²) in [4.78, 5) is 13.7. The van der Waals surface area contributed by atoms with Crippen LogP contribution in [0, 0.1) is 5.92 Å². The summed E-state index contributed by atoms with van der Waals surface area (Å²) in [6.07, 6.45) is 4.39. The van der Waals surface area contributed by atoms with Crippen LogP contribution < -0.4 is 5.32 Å². The van der Waals surface area contributed by atoms with Crippen molar-refractivity contribution in [2.75, 3.05) is 0 Å². The molecule has 1 aromatic carbocycles. The molecule has 1 heterocycles. The molecule has 0 bridgehead atoms. The van der Waals surface area contributed by atoms with Crippen molar-refractivity contribution < 1.29 is 4.79 Å². The van der Waals surface area contributed by atoms with Gasteiger partial charge >= 0.3 is 0 Å². The molecule has 0 aliphatic rings. The molecule has 0 aliphatic carbocycles. The average molecular weight is 321 g/mol. The van der Waals surface area contributed by atoms with Crippen LogP contribution in [-0.2, 0) is 17.8 Å². The Hall–Kier alpha value is -1.88. The molecule has 1 N–H and O–H groups in total. The van der Waals surface area contributed by atoms with E-state index in [1.165, 1.54) is 0 Å². The van der Waals surface area contributed by atoms with E-state index in [1.807, 2.05) is 24.3 Å². The molecule has 118 valence electrons. The number of nitrogens with one attached hydrogen (secondary N) is 1. The van der Waals surface area contributed by atoms with Gasteiger partial charge in [0.2, 0.25) is 5.91 Å². The number of hydrogen-bond acceptors (Lipinski definition) is 3. The molecule has 0 radical (unpaired) electrons. The summed E-state index contributed by atoms with van der Waals surface area (Å²) in [5.41, 5.74) is 1.07. The van der Waals surface area contributed by atoms with Gasteiger partial charge in [-0.25, -0.2) is 0 Å². The van der Waals surface area contributed by atoms with Gasteiger partial charge in [-0.15, -0.1) is 0 Å². The van der Waals surface area contributed by atoms with Gasteiger partial charge in [0, 0.05) is 11.4 Å². The predicted molar refractivity (Wildman–Crippen MR) is 86.6 cm³/mol. The van der Waals surface area contributed by atoms with E-state index in [-0.39, 0.29) is 11.9 Å². The maximum atomic E-state index is 12.2. The van der Waals surface area contributed by atoms with Gasteiger partial charge in [-0.2, -0.15) is 15.0 Å². The summed E-state index contributed by atoms with van der Waals surface area (Å²) in [6, 6.07) is 7.61. The Labute approximate surface area is 135 Å². The van der Waals surface area contributed by atoms with Gasteiger partial charge in [0.1, 0.15) is 0 Å². The molecule has 2 rings (SSSR count). The normalized spacial score (nSPS) is 12.4. The maximum Gasteiger partial charge on any atom is 0.220 e. The summed E-state index contributed by atoms with van der Waals surface area (Å²) in [5, 5.41) is 11.9. The average Bonchev–Trinajstić information content (AvgIpc) is 2.97. The first-order valence-electron chi connectivity index (χ1n) is 7.42. The number of carbonyl (C=O) groups excluding carboxylic acids is 1. The van der Waals surface area contributed by atoms with E-state index in [1.54, 1.807) is 17.2 Å². The third-order valence-corrected chi connectivity index (χ3v) is 3.74. The summed E-state index contributed by atoms with van der Waals surface area (Å²) < 4.78 is 0. The van der Waals surface area contributed by atoms with Crippen LogP contribution >= 0.6 is 11.6 Å². The van der Waals surface area contributed by atoms with E-state index in [9.17, 15) is 4.79 Å². The molecule has 22 heavy (non-hydrogen) atoms. The minimum atomic E-state index is 0.0132. The fourth-order valence-electron chi connectivity index (χ4n) is 2.17. The molecule has 1 amide bonds. The number of hydrogen-bond donors (Lipinski definition) is 1. The molecule has 2 aromatic rings. The smallest absolute Gasteiger partial charge is 0.220 e. The summed E-state index contributed by atoms with van der Waals surface area (Å²) in [7, 11) is 0. The predicted octanol–water partition coefficient (Wildman–Crippen LogP) is 2.71. The second kappa shape index (κ2) is 7.94. The van der Waals surface area contributed by atoms with Crippen molar-refractivity contribution in [3.63, 3.8) is 0 Å². The lowest BCUT2D eigenvalue weighted by Gasteiger charge is -2.21. The lowest BCUT2D eigenvalue weighted by molar-refractivity contribution is -0.122. The number of nitrogens with zero attached hydrogens (tertiary/aromatic N) is 3. The summed E-state index contributed by atoms with van der Waals surface area (Å²) >= 11 is 5.95. The van der Waals surface area contributed by atoms with Crippen LogP contribution in [0.15, 0.2) is 36.7 Å².